The molecule has 0 radical (unpaired) electrons. The van der Waals surface area contributed by atoms with Crippen molar-refractivity contribution >= 4 is 23.2 Å². The van der Waals surface area contributed by atoms with Crippen LogP contribution in [0.25, 0.3) is 0 Å². The van der Waals surface area contributed by atoms with Gasteiger partial charge in [-0.25, -0.2) is 0 Å². The van der Waals surface area contributed by atoms with Crippen molar-refractivity contribution in [2.45, 2.75) is 20.8 Å². The van der Waals surface area contributed by atoms with E-state index >= 15 is 0 Å². The van der Waals surface area contributed by atoms with E-state index in [1.54, 1.807) is 13.0 Å². The number of aromatic hydroxyl groups is 1. The highest BCUT2D eigenvalue weighted by molar-refractivity contribution is 6.32. The first-order valence-corrected chi connectivity index (χ1v) is 5.09. The van der Waals surface area contributed by atoms with E-state index in [4.69, 9.17) is 11.6 Å². The van der Waals surface area contributed by atoms with Crippen LogP contribution in [-0.2, 0) is 4.79 Å². The number of rotatable bonds is 2. The Hall–Kier alpha value is -1.22. The van der Waals surface area contributed by atoms with Gasteiger partial charge in [0, 0.05) is 11.6 Å². The lowest BCUT2D eigenvalue weighted by Gasteiger charge is -2.10. The lowest BCUT2D eigenvalue weighted by molar-refractivity contribution is -0.118. The van der Waals surface area contributed by atoms with E-state index < -0.39 is 0 Å². The molecule has 0 fully saturated rings. The van der Waals surface area contributed by atoms with Crippen LogP contribution in [0.4, 0.5) is 5.69 Å². The summed E-state index contributed by atoms with van der Waals surface area (Å²) in [6.07, 6.45) is 0. The summed E-state index contributed by atoms with van der Waals surface area (Å²) < 4.78 is 0. The SMILES string of the molecule is Cc1cc(NC(=O)C(C)C)cc(Cl)c1O. The molecular formula is C11H14ClNO2. The predicted molar refractivity (Wildman–Crippen MR) is 61.3 cm³/mol. The molecule has 0 aliphatic rings. The molecule has 0 atom stereocenters. The van der Waals surface area contributed by atoms with Crippen LogP contribution < -0.4 is 5.32 Å². The third-order valence-corrected chi connectivity index (χ3v) is 2.33. The molecule has 82 valence electrons. The number of amides is 1. The molecule has 2 N–H and O–H groups in total. The molecule has 0 aromatic heterocycles. The Morgan fingerprint density at radius 2 is 2.07 bits per heavy atom. The lowest BCUT2D eigenvalue weighted by atomic mass is 10.1. The molecule has 0 aliphatic carbocycles. The number of carbonyl (C=O) groups is 1. The number of benzene rings is 1. The zero-order valence-electron chi connectivity index (χ0n) is 8.97. The average Bonchev–Trinajstić information content (AvgIpc) is 2.13. The maximum absolute atomic E-state index is 11.4. The van der Waals surface area contributed by atoms with E-state index in [0.29, 0.717) is 11.3 Å². The highest BCUT2D eigenvalue weighted by Gasteiger charge is 2.10. The maximum Gasteiger partial charge on any atom is 0.226 e. The molecule has 0 bridgehead atoms. The van der Waals surface area contributed by atoms with E-state index in [9.17, 15) is 9.90 Å². The number of aryl methyl sites for hydroxylation is 1. The van der Waals surface area contributed by atoms with Gasteiger partial charge in [0.15, 0.2) is 0 Å². The topological polar surface area (TPSA) is 49.3 Å². The summed E-state index contributed by atoms with van der Waals surface area (Å²) >= 11 is 5.78. The summed E-state index contributed by atoms with van der Waals surface area (Å²) in [6.45, 7) is 5.35. The average molecular weight is 228 g/mol. The van der Waals surface area contributed by atoms with Gasteiger partial charge in [-0.05, 0) is 24.6 Å². The number of halogens is 1. The number of anilines is 1. The molecule has 0 aliphatic heterocycles. The summed E-state index contributed by atoms with van der Waals surface area (Å²) in [5, 5.41) is 12.4. The Morgan fingerprint density at radius 1 is 1.47 bits per heavy atom. The zero-order chi connectivity index (χ0) is 11.6. The van der Waals surface area contributed by atoms with Gasteiger partial charge in [0.2, 0.25) is 5.91 Å². The summed E-state index contributed by atoms with van der Waals surface area (Å²) in [7, 11) is 0. The van der Waals surface area contributed by atoms with Gasteiger partial charge in [0.25, 0.3) is 0 Å². The molecule has 0 saturated carbocycles. The summed E-state index contributed by atoms with van der Waals surface area (Å²) in [5.74, 6) is -0.103. The van der Waals surface area contributed by atoms with Crippen molar-refractivity contribution in [1.82, 2.24) is 0 Å². The molecular weight excluding hydrogens is 214 g/mol. The minimum absolute atomic E-state index is 0.0548. The van der Waals surface area contributed by atoms with Gasteiger partial charge in [0.05, 0.1) is 5.02 Å². The molecule has 0 saturated heterocycles. The van der Waals surface area contributed by atoms with Crippen molar-refractivity contribution < 1.29 is 9.90 Å². The number of hydrogen-bond acceptors (Lipinski definition) is 2. The first-order valence-electron chi connectivity index (χ1n) is 4.71. The quantitative estimate of drug-likeness (QED) is 0.764. The summed E-state index contributed by atoms with van der Waals surface area (Å²) in [4.78, 5) is 11.4. The molecule has 15 heavy (non-hydrogen) atoms. The van der Waals surface area contributed by atoms with Crippen LogP contribution in [0, 0.1) is 12.8 Å². The normalized spacial score (nSPS) is 10.5. The monoisotopic (exact) mass is 227 g/mol. The Balaban J connectivity index is 2.93. The predicted octanol–water partition coefficient (Wildman–Crippen LogP) is 2.95. The van der Waals surface area contributed by atoms with Gasteiger partial charge in [-0.1, -0.05) is 25.4 Å². The molecule has 3 nitrogen and oxygen atoms in total. The fourth-order valence-electron chi connectivity index (χ4n) is 1.10. The molecule has 1 rings (SSSR count). The van der Waals surface area contributed by atoms with Gasteiger partial charge in [-0.3, -0.25) is 4.79 Å². The van der Waals surface area contributed by atoms with Crippen LogP contribution >= 0.6 is 11.6 Å². The van der Waals surface area contributed by atoms with Crippen LogP contribution in [0.3, 0.4) is 0 Å². The highest BCUT2D eigenvalue weighted by atomic mass is 35.5. The van der Waals surface area contributed by atoms with Crippen molar-refractivity contribution in [3.8, 4) is 5.75 Å². The van der Waals surface area contributed by atoms with Gasteiger partial charge in [-0.2, -0.15) is 0 Å². The second kappa shape index (κ2) is 4.53. The number of phenolic OH excluding ortho intramolecular Hbond substituents is 1. The second-order valence-electron chi connectivity index (χ2n) is 3.77. The van der Waals surface area contributed by atoms with Crippen molar-refractivity contribution in [2.24, 2.45) is 5.92 Å². The Bertz CT molecular complexity index is 365. The number of carbonyl (C=O) groups excluding carboxylic acids is 1. The van der Waals surface area contributed by atoms with Crippen molar-refractivity contribution in [3.63, 3.8) is 0 Å². The fraction of sp³-hybridized carbons (Fsp3) is 0.364. The maximum atomic E-state index is 11.4. The fourth-order valence-corrected chi connectivity index (χ4v) is 1.36. The number of nitrogens with one attached hydrogen (secondary N) is 1. The van der Waals surface area contributed by atoms with Crippen LogP contribution in [-0.4, -0.2) is 11.0 Å². The van der Waals surface area contributed by atoms with Crippen molar-refractivity contribution in [2.75, 3.05) is 5.32 Å². The van der Waals surface area contributed by atoms with Crippen LogP contribution in [0.2, 0.25) is 5.02 Å². The van der Waals surface area contributed by atoms with Gasteiger partial charge >= 0.3 is 0 Å². The largest absolute Gasteiger partial charge is 0.506 e. The zero-order valence-corrected chi connectivity index (χ0v) is 9.72. The summed E-state index contributed by atoms with van der Waals surface area (Å²) in [5.41, 5.74) is 1.25. The van der Waals surface area contributed by atoms with E-state index in [1.807, 2.05) is 13.8 Å². The third-order valence-electron chi connectivity index (χ3n) is 2.05. The second-order valence-corrected chi connectivity index (χ2v) is 4.17. The molecule has 1 amide bonds. The van der Waals surface area contributed by atoms with Crippen LogP contribution in [0.15, 0.2) is 12.1 Å². The van der Waals surface area contributed by atoms with Crippen LogP contribution in [0.5, 0.6) is 5.75 Å². The standard InChI is InChI=1S/C11H14ClNO2/c1-6(2)11(15)13-8-4-7(3)10(14)9(12)5-8/h4-6,14H,1-3H3,(H,13,15). The Morgan fingerprint density at radius 3 is 2.53 bits per heavy atom. The van der Waals surface area contributed by atoms with Crippen LogP contribution in [0.1, 0.15) is 19.4 Å². The lowest BCUT2D eigenvalue weighted by Crippen LogP contribution is -2.17. The van der Waals surface area contributed by atoms with Crippen molar-refractivity contribution in [3.05, 3.63) is 22.7 Å². The van der Waals surface area contributed by atoms with E-state index in [1.165, 1.54) is 6.07 Å². The molecule has 4 heteroatoms. The van der Waals surface area contributed by atoms with E-state index in [-0.39, 0.29) is 22.6 Å². The minimum atomic E-state index is -0.0853. The smallest absolute Gasteiger partial charge is 0.226 e. The van der Waals surface area contributed by atoms with Crippen molar-refractivity contribution in [1.29, 1.82) is 0 Å². The minimum Gasteiger partial charge on any atom is -0.506 e. The van der Waals surface area contributed by atoms with E-state index in [2.05, 4.69) is 5.32 Å². The Labute approximate surface area is 94.1 Å². The molecule has 0 heterocycles. The highest BCUT2D eigenvalue weighted by Crippen LogP contribution is 2.30. The number of hydrogen-bond donors (Lipinski definition) is 2. The number of phenols is 1. The molecule has 1 aromatic rings. The molecule has 0 spiro atoms. The molecule has 0 unspecified atom stereocenters. The third kappa shape index (κ3) is 2.86. The Kier molecular flexibility index (Phi) is 3.58. The first kappa shape index (κ1) is 11.9. The molecule has 1 aromatic carbocycles. The van der Waals surface area contributed by atoms with Gasteiger partial charge in [-0.15, -0.1) is 0 Å². The van der Waals surface area contributed by atoms with E-state index in [0.717, 1.165) is 0 Å². The first-order chi connectivity index (χ1) is 6.91. The van der Waals surface area contributed by atoms with Gasteiger partial charge < -0.3 is 10.4 Å². The van der Waals surface area contributed by atoms with Gasteiger partial charge in [0.1, 0.15) is 5.75 Å². The summed E-state index contributed by atoms with van der Waals surface area (Å²) in [6, 6.07) is 3.21.